The van der Waals surface area contributed by atoms with Crippen molar-refractivity contribution in [2.75, 3.05) is 6.61 Å². The molecule has 0 saturated carbocycles. The summed E-state index contributed by atoms with van der Waals surface area (Å²) in [5.41, 5.74) is 2.14. The lowest BCUT2D eigenvalue weighted by Crippen LogP contribution is -2.17. The number of hydrogen-bond donors (Lipinski definition) is 0. The van der Waals surface area contributed by atoms with Crippen LogP contribution in [0.25, 0.3) is 0 Å². The molecular formula is C22H27F3O2. The van der Waals surface area contributed by atoms with E-state index < -0.39 is 6.36 Å². The summed E-state index contributed by atoms with van der Waals surface area (Å²) >= 11 is 0. The second-order valence-electron chi connectivity index (χ2n) is 6.60. The zero-order valence-electron chi connectivity index (χ0n) is 15.7. The van der Waals surface area contributed by atoms with Gasteiger partial charge in [0.05, 0.1) is 6.61 Å². The molecule has 2 aromatic rings. The normalized spacial score (nSPS) is 11.4. The molecule has 2 aromatic carbocycles. The minimum Gasteiger partial charge on any atom is -0.494 e. The van der Waals surface area contributed by atoms with E-state index in [4.69, 9.17) is 4.74 Å². The molecule has 0 radical (unpaired) electrons. The third-order valence-electron chi connectivity index (χ3n) is 4.30. The summed E-state index contributed by atoms with van der Waals surface area (Å²) in [6.45, 7) is 2.95. The number of aryl methyl sites for hydroxylation is 2. The molecule has 0 unspecified atom stereocenters. The molecule has 0 heterocycles. The van der Waals surface area contributed by atoms with E-state index >= 15 is 0 Å². The Hall–Kier alpha value is -2.17. The Morgan fingerprint density at radius 3 is 1.74 bits per heavy atom. The van der Waals surface area contributed by atoms with Crippen molar-refractivity contribution in [3.8, 4) is 11.5 Å². The van der Waals surface area contributed by atoms with Crippen LogP contribution < -0.4 is 9.47 Å². The van der Waals surface area contributed by atoms with Crippen molar-refractivity contribution in [1.82, 2.24) is 0 Å². The maximum atomic E-state index is 12.2. The minimum absolute atomic E-state index is 0.192. The zero-order chi connectivity index (χ0) is 19.5. The van der Waals surface area contributed by atoms with Gasteiger partial charge >= 0.3 is 6.36 Å². The molecule has 0 fully saturated rings. The van der Waals surface area contributed by atoms with Crippen molar-refractivity contribution in [3.63, 3.8) is 0 Å². The summed E-state index contributed by atoms with van der Waals surface area (Å²) in [6, 6.07) is 14.0. The van der Waals surface area contributed by atoms with Gasteiger partial charge in [-0.3, -0.25) is 0 Å². The van der Waals surface area contributed by atoms with Crippen LogP contribution in [0, 0.1) is 0 Å². The van der Waals surface area contributed by atoms with Crippen LogP contribution >= 0.6 is 0 Å². The van der Waals surface area contributed by atoms with Crippen LogP contribution in [-0.2, 0) is 12.8 Å². The molecule has 0 spiro atoms. The summed E-state index contributed by atoms with van der Waals surface area (Å²) in [5.74, 6) is 0.685. The van der Waals surface area contributed by atoms with Crippen LogP contribution in [0.2, 0.25) is 0 Å². The highest BCUT2D eigenvalue weighted by atomic mass is 19.4. The maximum absolute atomic E-state index is 12.2. The van der Waals surface area contributed by atoms with Crippen molar-refractivity contribution in [3.05, 3.63) is 59.7 Å². The minimum atomic E-state index is -4.65. The molecule has 27 heavy (non-hydrogen) atoms. The SMILES string of the molecule is CCCCCCCOc1ccc(CCc2ccc(OC(F)(F)F)cc2)cc1. The fraction of sp³-hybridized carbons (Fsp3) is 0.455. The Bertz CT molecular complexity index is 649. The molecular weight excluding hydrogens is 353 g/mol. The van der Waals surface area contributed by atoms with Crippen LogP contribution in [0.5, 0.6) is 11.5 Å². The van der Waals surface area contributed by atoms with Gasteiger partial charge in [0.15, 0.2) is 0 Å². The highest BCUT2D eigenvalue weighted by molar-refractivity contribution is 5.30. The molecule has 2 nitrogen and oxygen atoms in total. The van der Waals surface area contributed by atoms with Crippen LogP contribution in [-0.4, -0.2) is 13.0 Å². The van der Waals surface area contributed by atoms with E-state index in [-0.39, 0.29) is 5.75 Å². The largest absolute Gasteiger partial charge is 0.573 e. The van der Waals surface area contributed by atoms with Crippen molar-refractivity contribution in [1.29, 1.82) is 0 Å². The van der Waals surface area contributed by atoms with Crippen LogP contribution in [0.3, 0.4) is 0 Å². The van der Waals surface area contributed by atoms with E-state index in [1.165, 1.54) is 43.4 Å². The highest BCUT2D eigenvalue weighted by Gasteiger charge is 2.30. The Labute approximate surface area is 159 Å². The average molecular weight is 380 g/mol. The number of unbranched alkanes of at least 4 members (excludes halogenated alkanes) is 4. The second-order valence-corrected chi connectivity index (χ2v) is 6.60. The Balaban J connectivity index is 1.71. The van der Waals surface area contributed by atoms with Gasteiger partial charge in [-0.05, 0) is 54.7 Å². The lowest BCUT2D eigenvalue weighted by atomic mass is 10.0. The molecule has 0 amide bonds. The van der Waals surface area contributed by atoms with Crippen LogP contribution in [0.15, 0.2) is 48.5 Å². The summed E-state index contributed by atoms with van der Waals surface area (Å²) < 4.78 is 46.1. The number of rotatable bonds is 11. The number of benzene rings is 2. The fourth-order valence-corrected chi connectivity index (χ4v) is 2.79. The molecule has 0 atom stereocenters. The van der Waals surface area contributed by atoms with Crippen molar-refractivity contribution >= 4 is 0 Å². The molecule has 0 aliphatic carbocycles. The van der Waals surface area contributed by atoms with E-state index in [9.17, 15) is 13.2 Å². The predicted octanol–water partition coefficient (Wildman–Crippen LogP) is 6.72. The summed E-state index contributed by atoms with van der Waals surface area (Å²) in [5, 5.41) is 0. The molecule has 0 aliphatic heterocycles. The van der Waals surface area contributed by atoms with Crippen molar-refractivity contribution in [2.24, 2.45) is 0 Å². The standard InChI is InChI=1S/C22H27F3O2/c1-2-3-4-5-6-17-26-20-13-9-18(10-14-20)7-8-19-11-15-21(16-12-19)27-22(23,24)25/h9-16H,2-8,17H2,1H3. The summed E-state index contributed by atoms with van der Waals surface area (Å²) in [6.07, 6.45) is 3.00. The van der Waals surface area contributed by atoms with E-state index in [1.54, 1.807) is 12.1 Å². The Morgan fingerprint density at radius 2 is 1.22 bits per heavy atom. The van der Waals surface area contributed by atoms with Crippen molar-refractivity contribution < 1.29 is 22.6 Å². The smallest absolute Gasteiger partial charge is 0.494 e. The lowest BCUT2D eigenvalue weighted by molar-refractivity contribution is -0.274. The van der Waals surface area contributed by atoms with Crippen molar-refractivity contribution in [2.45, 2.75) is 58.2 Å². The van der Waals surface area contributed by atoms with Crippen LogP contribution in [0.4, 0.5) is 13.2 Å². The molecule has 2 rings (SSSR count). The van der Waals surface area contributed by atoms with Gasteiger partial charge in [-0.1, -0.05) is 56.9 Å². The zero-order valence-corrected chi connectivity index (χ0v) is 15.7. The predicted molar refractivity (Wildman–Crippen MR) is 101 cm³/mol. The molecule has 0 bridgehead atoms. The first-order chi connectivity index (χ1) is 13.0. The lowest BCUT2D eigenvalue weighted by Gasteiger charge is -2.09. The van der Waals surface area contributed by atoms with E-state index in [1.807, 2.05) is 24.3 Å². The van der Waals surface area contributed by atoms with E-state index in [0.29, 0.717) is 0 Å². The molecule has 148 valence electrons. The van der Waals surface area contributed by atoms with Crippen LogP contribution in [0.1, 0.15) is 50.2 Å². The number of hydrogen-bond acceptors (Lipinski definition) is 2. The van der Waals surface area contributed by atoms with Gasteiger partial charge < -0.3 is 9.47 Å². The highest BCUT2D eigenvalue weighted by Crippen LogP contribution is 2.23. The Kier molecular flexibility index (Phi) is 8.49. The van der Waals surface area contributed by atoms with Gasteiger partial charge in [-0.15, -0.1) is 13.2 Å². The first kappa shape index (κ1) is 21.1. The number of alkyl halides is 3. The average Bonchev–Trinajstić information content (AvgIpc) is 2.64. The first-order valence-corrected chi connectivity index (χ1v) is 9.52. The van der Waals surface area contributed by atoms with Gasteiger partial charge in [-0.25, -0.2) is 0 Å². The molecule has 0 saturated heterocycles. The summed E-state index contributed by atoms with van der Waals surface area (Å²) in [4.78, 5) is 0. The molecule has 0 N–H and O–H groups in total. The fourth-order valence-electron chi connectivity index (χ4n) is 2.79. The number of halogens is 3. The van der Waals surface area contributed by atoms with Gasteiger partial charge in [0, 0.05) is 0 Å². The quantitative estimate of drug-likeness (QED) is 0.403. The van der Waals surface area contributed by atoms with E-state index in [0.717, 1.165) is 37.2 Å². The topological polar surface area (TPSA) is 18.5 Å². The van der Waals surface area contributed by atoms with Gasteiger partial charge in [-0.2, -0.15) is 0 Å². The van der Waals surface area contributed by atoms with Gasteiger partial charge in [0.2, 0.25) is 0 Å². The monoisotopic (exact) mass is 380 g/mol. The maximum Gasteiger partial charge on any atom is 0.573 e. The third-order valence-corrected chi connectivity index (χ3v) is 4.30. The third kappa shape index (κ3) is 8.85. The number of ether oxygens (including phenoxy) is 2. The Morgan fingerprint density at radius 1 is 0.704 bits per heavy atom. The van der Waals surface area contributed by atoms with E-state index in [2.05, 4.69) is 11.7 Å². The molecule has 0 aliphatic rings. The molecule has 5 heteroatoms. The van der Waals surface area contributed by atoms with Gasteiger partial charge in [0.1, 0.15) is 11.5 Å². The van der Waals surface area contributed by atoms with Gasteiger partial charge in [0.25, 0.3) is 0 Å². The molecule has 0 aromatic heterocycles. The summed E-state index contributed by atoms with van der Waals surface area (Å²) in [7, 11) is 0. The second kappa shape index (κ2) is 10.9. The first-order valence-electron chi connectivity index (χ1n) is 9.52.